The number of rotatable bonds is 10. The second-order valence-electron chi connectivity index (χ2n) is 7.86. The van der Waals surface area contributed by atoms with E-state index < -0.39 is 11.8 Å². The lowest BCUT2D eigenvalue weighted by Gasteiger charge is -2.10. The summed E-state index contributed by atoms with van der Waals surface area (Å²) in [6, 6.07) is 18.7. The van der Waals surface area contributed by atoms with E-state index in [1.807, 2.05) is 13.8 Å². The van der Waals surface area contributed by atoms with Gasteiger partial charge in [-0.25, -0.2) is 5.43 Å². The van der Waals surface area contributed by atoms with Crippen molar-refractivity contribution in [2.45, 2.75) is 20.3 Å². The Kier molecular flexibility index (Phi) is 10.0. The van der Waals surface area contributed by atoms with E-state index in [9.17, 15) is 14.4 Å². The van der Waals surface area contributed by atoms with Crippen molar-refractivity contribution in [3.8, 4) is 11.5 Å². The lowest BCUT2D eigenvalue weighted by molar-refractivity contribution is -0.136. The minimum atomic E-state index is -0.947. The molecular formula is C27H27ClN4O5. The summed E-state index contributed by atoms with van der Waals surface area (Å²) in [7, 11) is 0. The van der Waals surface area contributed by atoms with Gasteiger partial charge in [0.1, 0.15) is 11.5 Å². The minimum Gasteiger partial charge on any atom is -0.494 e. The minimum absolute atomic E-state index is 0.257. The van der Waals surface area contributed by atoms with Crippen molar-refractivity contribution in [2.75, 3.05) is 23.8 Å². The number of nitrogens with one attached hydrogen (secondary N) is 3. The first kappa shape index (κ1) is 27.2. The molecule has 37 heavy (non-hydrogen) atoms. The van der Waals surface area contributed by atoms with Crippen LogP contribution in [0.15, 0.2) is 71.8 Å². The molecule has 3 N–H and O–H groups in total. The second-order valence-corrected chi connectivity index (χ2v) is 8.27. The van der Waals surface area contributed by atoms with E-state index in [4.69, 9.17) is 21.1 Å². The van der Waals surface area contributed by atoms with Crippen LogP contribution in [-0.2, 0) is 14.4 Å². The van der Waals surface area contributed by atoms with E-state index >= 15 is 0 Å². The van der Waals surface area contributed by atoms with Crippen LogP contribution in [0.5, 0.6) is 11.5 Å². The third-order valence-electron chi connectivity index (χ3n) is 4.89. The van der Waals surface area contributed by atoms with Gasteiger partial charge in [-0.2, -0.15) is 5.10 Å². The molecule has 3 aromatic rings. The Balaban J connectivity index is 1.50. The number of halogens is 1. The number of carbonyl (C=O) groups excluding carboxylic acids is 3. The van der Waals surface area contributed by atoms with E-state index in [-0.39, 0.29) is 12.5 Å². The summed E-state index contributed by atoms with van der Waals surface area (Å²) in [5, 5.41) is 9.57. The highest BCUT2D eigenvalue weighted by Crippen LogP contribution is 2.20. The molecule has 10 heteroatoms. The van der Waals surface area contributed by atoms with E-state index in [0.29, 0.717) is 40.1 Å². The van der Waals surface area contributed by atoms with Crippen LogP contribution in [0, 0.1) is 6.92 Å². The summed E-state index contributed by atoms with van der Waals surface area (Å²) in [5.74, 6) is -1.16. The standard InChI is InChI=1S/C27H27ClN4O5/c1-3-14-36-22-12-10-20(11-13-22)31-26(34)27(35)32-29-16-19-6-4-5-7-24(19)37-17-25(33)30-21-9-8-18(2)23(28)15-21/h4-13,15-16H,3,14,17H2,1-2H3,(H,30,33)(H,31,34)(H,32,35)/b29-16-. The van der Waals surface area contributed by atoms with Gasteiger partial charge in [-0.3, -0.25) is 14.4 Å². The zero-order chi connectivity index (χ0) is 26.6. The average Bonchev–Trinajstić information content (AvgIpc) is 2.89. The SMILES string of the molecule is CCCOc1ccc(NC(=O)C(=O)N/N=C\c2ccccc2OCC(=O)Nc2ccc(C)c(Cl)c2)cc1. The molecule has 0 aliphatic carbocycles. The third-order valence-corrected chi connectivity index (χ3v) is 5.30. The second kappa shape index (κ2) is 13.6. The highest BCUT2D eigenvalue weighted by molar-refractivity contribution is 6.39. The van der Waals surface area contributed by atoms with Gasteiger partial charge in [0.15, 0.2) is 6.61 Å². The fourth-order valence-corrected chi connectivity index (χ4v) is 3.16. The molecule has 3 rings (SSSR count). The number of nitrogens with zero attached hydrogens (tertiary/aromatic N) is 1. The molecule has 192 valence electrons. The molecule has 3 amide bonds. The summed E-state index contributed by atoms with van der Waals surface area (Å²) >= 11 is 6.09. The van der Waals surface area contributed by atoms with Crippen LogP contribution in [0.1, 0.15) is 24.5 Å². The maximum Gasteiger partial charge on any atom is 0.329 e. The normalized spacial score (nSPS) is 10.6. The fourth-order valence-electron chi connectivity index (χ4n) is 2.98. The summed E-state index contributed by atoms with van der Waals surface area (Å²) < 4.78 is 11.1. The topological polar surface area (TPSA) is 118 Å². The lowest BCUT2D eigenvalue weighted by Crippen LogP contribution is -2.32. The number of benzene rings is 3. The maximum atomic E-state index is 12.3. The summed E-state index contributed by atoms with van der Waals surface area (Å²) in [4.78, 5) is 36.5. The van der Waals surface area contributed by atoms with Gasteiger partial charge in [-0.1, -0.05) is 36.7 Å². The van der Waals surface area contributed by atoms with E-state index in [1.54, 1.807) is 66.7 Å². The summed E-state index contributed by atoms with van der Waals surface area (Å²) in [5.41, 5.74) is 4.57. The number of para-hydroxylation sites is 1. The first-order valence-corrected chi connectivity index (χ1v) is 11.9. The number of hydrogen-bond acceptors (Lipinski definition) is 6. The Morgan fingerprint density at radius 1 is 0.919 bits per heavy atom. The largest absolute Gasteiger partial charge is 0.494 e. The molecule has 0 aliphatic heterocycles. The van der Waals surface area contributed by atoms with Crippen LogP contribution >= 0.6 is 11.6 Å². The Morgan fingerprint density at radius 3 is 2.38 bits per heavy atom. The predicted octanol–water partition coefficient (Wildman–Crippen LogP) is 4.54. The van der Waals surface area contributed by atoms with Gasteiger partial charge in [0.25, 0.3) is 5.91 Å². The first-order valence-electron chi connectivity index (χ1n) is 11.5. The molecule has 0 heterocycles. The van der Waals surface area contributed by atoms with Gasteiger partial charge < -0.3 is 20.1 Å². The molecule has 0 unspecified atom stereocenters. The lowest BCUT2D eigenvalue weighted by atomic mass is 10.2. The van der Waals surface area contributed by atoms with Crippen molar-refractivity contribution in [3.63, 3.8) is 0 Å². The first-order chi connectivity index (χ1) is 17.9. The Morgan fingerprint density at radius 2 is 1.65 bits per heavy atom. The molecule has 0 spiro atoms. The number of ether oxygens (including phenoxy) is 2. The molecule has 0 atom stereocenters. The van der Waals surface area contributed by atoms with E-state index in [1.165, 1.54) is 6.21 Å². The van der Waals surface area contributed by atoms with Crippen LogP contribution in [0.2, 0.25) is 5.02 Å². The Hall–Kier alpha value is -4.37. The number of aryl methyl sites for hydroxylation is 1. The zero-order valence-electron chi connectivity index (χ0n) is 20.4. The van der Waals surface area contributed by atoms with Crippen molar-refractivity contribution in [2.24, 2.45) is 5.10 Å². The highest BCUT2D eigenvalue weighted by atomic mass is 35.5. The van der Waals surface area contributed by atoms with Crippen LogP contribution < -0.4 is 25.5 Å². The van der Waals surface area contributed by atoms with Crippen molar-refractivity contribution in [1.29, 1.82) is 0 Å². The number of anilines is 2. The van der Waals surface area contributed by atoms with Crippen LogP contribution in [0.25, 0.3) is 0 Å². The van der Waals surface area contributed by atoms with Crippen LogP contribution in [-0.4, -0.2) is 37.1 Å². The molecule has 0 fully saturated rings. The predicted molar refractivity (Wildman–Crippen MR) is 143 cm³/mol. The molecule has 0 bridgehead atoms. The number of hydrogen-bond donors (Lipinski definition) is 3. The molecule has 0 radical (unpaired) electrons. The summed E-state index contributed by atoms with van der Waals surface area (Å²) in [6.07, 6.45) is 2.20. The third kappa shape index (κ3) is 8.66. The maximum absolute atomic E-state index is 12.3. The van der Waals surface area contributed by atoms with Gasteiger partial charge >= 0.3 is 11.8 Å². The van der Waals surface area contributed by atoms with Gasteiger partial charge in [-0.15, -0.1) is 0 Å². The van der Waals surface area contributed by atoms with Gasteiger partial charge in [0, 0.05) is 22.0 Å². The number of amides is 3. The van der Waals surface area contributed by atoms with Crippen LogP contribution in [0.3, 0.4) is 0 Å². The van der Waals surface area contributed by atoms with E-state index in [0.717, 1.165) is 12.0 Å². The van der Waals surface area contributed by atoms with Crippen molar-refractivity contribution in [3.05, 3.63) is 82.9 Å². The monoisotopic (exact) mass is 522 g/mol. The van der Waals surface area contributed by atoms with Crippen LogP contribution in [0.4, 0.5) is 11.4 Å². The molecule has 3 aromatic carbocycles. The molecular weight excluding hydrogens is 496 g/mol. The Bertz CT molecular complexity index is 1280. The van der Waals surface area contributed by atoms with Crippen molar-refractivity contribution >= 4 is 46.9 Å². The number of hydrazone groups is 1. The molecule has 0 saturated carbocycles. The quantitative estimate of drug-likeness (QED) is 0.205. The van der Waals surface area contributed by atoms with Gasteiger partial charge in [0.2, 0.25) is 0 Å². The average molecular weight is 523 g/mol. The Labute approximate surface area is 219 Å². The summed E-state index contributed by atoms with van der Waals surface area (Å²) in [6.45, 7) is 4.21. The molecule has 0 saturated heterocycles. The highest BCUT2D eigenvalue weighted by Gasteiger charge is 2.13. The molecule has 0 aromatic heterocycles. The fraction of sp³-hybridized carbons (Fsp3) is 0.185. The zero-order valence-corrected chi connectivity index (χ0v) is 21.2. The smallest absolute Gasteiger partial charge is 0.329 e. The van der Waals surface area contributed by atoms with Crippen molar-refractivity contribution in [1.82, 2.24) is 5.43 Å². The molecule has 0 aliphatic rings. The van der Waals surface area contributed by atoms with Crippen molar-refractivity contribution < 1.29 is 23.9 Å². The van der Waals surface area contributed by atoms with Gasteiger partial charge in [-0.05, 0) is 67.4 Å². The van der Waals surface area contributed by atoms with Gasteiger partial charge in [0.05, 0.1) is 12.8 Å². The number of carbonyl (C=O) groups is 3. The van der Waals surface area contributed by atoms with E-state index in [2.05, 4.69) is 21.2 Å². The molecule has 9 nitrogen and oxygen atoms in total.